The normalized spacial score (nSPS) is 14.1. The third-order valence-electron chi connectivity index (χ3n) is 2.51. The van der Waals surface area contributed by atoms with Gasteiger partial charge in [-0.2, -0.15) is 0 Å². The van der Waals surface area contributed by atoms with Crippen molar-refractivity contribution in [2.75, 3.05) is 17.6 Å². The molecule has 0 aliphatic carbocycles. The number of amidine groups is 1. The van der Waals surface area contributed by atoms with Crippen LogP contribution >= 0.6 is 36.6 Å². The lowest BCUT2D eigenvalue weighted by molar-refractivity contribution is 0.938. The molecule has 1 aromatic rings. The lowest BCUT2D eigenvalue weighted by Gasteiger charge is -2.16. The van der Waals surface area contributed by atoms with Crippen molar-refractivity contribution in [2.24, 2.45) is 4.99 Å². The van der Waals surface area contributed by atoms with Crippen molar-refractivity contribution in [1.29, 1.82) is 0 Å². The van der Waals surface area contributed by atoms with E-state index in [0.29, 0.717) is 0 Å². The second kappa shape index (κ2) is 7.85. The first kappa shape index (κ1) is 16.6. The number of anilines is 1. The smallest absolute Gasteiger partial charge is 0.161 e. The van der Waals surface area contributed by atoms with Crippen LogP contribution < -0.4 is 5.32 Å². The Balaban J connectivity index is 0.00000128. The Labute approximate surface area is 119 Å². The summed E-state index contributed by atoms with van der Waals surface area (Å²) in [5, 5.41) is 4.50. The number of benzene rings is 1. The van der Waals surface area contributed by atoms with Crippen LogP contribution in [0.2, 0.25) is 0 Å². The Bertz CT molecular complexity index is 374. The molecule has 0 aromatic heterocycles. The van der Waals surface area contributed by atoms with Gasteiger partial charge in [-0.3, -0.25) is 4.99 Å². The van der Waals surface area contributed by atoms with Gasteiger partial charge in [-0.25, -0.2) is 0 Å². The lowest BCUT2D eigenvalue weighted by atomic mass is 10.1. The number of rotatable bonds is 1. The molecule has 0 unspecified atom stereocenters. The van der Waals surface area contributed by atoms with Gasteiger partial charge in [0.2, 0.25) is 0 Å². The standard InChI is InChI=1S/C12H16N2S.2ClH/c1-9-5-3-6-10(2)11(9)14-12-13-7-4-8-15-12;;/h3,5-6H,4,7-8H2,1-2H3,(H,13,14);2*1H. The molecule has 2 rings (SSSR count). The van der Waals surface area contributed by atoms with E-state index in [9.17, 15) is 0 Å². The molecule has 17 heavy (non-hydrogen) atoms. The maximum atomic E-state index is 4.48. The number of para-hydroxylation sites is 1. The summed E-state index contributed by atoms with van der Waals surface area (Å²) >= 11 is 1.81. The third-order valence-corrected chi connectivity index (χ3v) is 3.51. The van der Waals surface area contributed by atoms with E-state index in [1.54, 1.807) is 0 Å². The molecule has 96 valence electrons. The van der Waals surface area contributed by atoms with E-state index >= 15 is 0 Å². The summed E-state index contributed by atoms with van der Waals surface area (Å²) in [5.41, 5.74) is 3.78. The molecule has 0 amide bonds. The molecule has 1 N–H and O–H groups in total. The summed E-state index contributed by atoms with van der Waals surface area (Å²) in [5.74, 6) is 1.18. The van der Waals surface area contributed by atoms with Gasteiger partial charge in [0.05, 0.1) is 0 Å². The lowest BCUT2D eigenvalue weighted by Crippen LogP contribution is -2.14. The van der Waals surface area contributed by atoms with Gasteiger partial charge in [-0.15, -0.1) is 24.8 Å². The molecule has 1 aromatic carbocycles. The van der Waals surface area contributed by atoms with Crippen molar-refractivity contribution in [1.82, 2.24) is 0 Å². The van der Waals surface area contributed by atoms with Crippen LogP contribution in [0.4, 0.5) is 5.69 Å². The Morgan fingerprint density at radius 2 is 1.82 bits per heavy atom. The van der Waals surface area contributed by atoms with Gasteiger partial charge in [0.25, 0.3) is 0 Å². The average molecular weight is 293 g/mol. The molecule has 5 heteroatoms. The van der Waals surface area contributed by atoms with Crippen LogP contribution in [-0.2, 0) is 0 Å². The minimum Gasteiger partial charge on any atom is -0.335 e. The zero-order valence-corrected chi connectivity index (χ0v) is 12.5. The van der Waals surface area contributed by atoms with Crippen molar-refractivity contribution in [3.05, 3.63) is 29.3 Å². The van der Waals surface area contributed by atoms with Crippen molar-refractivity contribution >= 4 is 47.4 Å². The van der Waals surface area contributed by atoms with Crippen molar-refractivity contribution in [3.63, 3.8) is 0 Å². The Morgan fingerprint density at radius 3 is 2.35 bits per heavy atom. The highest BCUT2D eigenvalue weighted by Gasteiger charge is 2.08. The fraction of sp³-hybridized carbons (Fsp3) is 0.417. The zero-order valence-electron chi connectivity index (χ0n) is 10.0. The second-order valence-corrected chi connectivity index (χ2v) is 4.86. The molecule has 2 nitrogen and oxygen atoms in total. The van der Waals surface area contributed by atoms with Crippen LogP contribution in [-0.4, -0.2) is 17.5 Å². The molecule has 0 bridgehead atoms. The SMILES string of the molecule is Cc1cccc(C)c1NC1=NCCCS1.Cl.Cl. The predicted molar refractivity (Wildman–Crippen MR) is 83.4 cm³/mol. The molecule has 0 saturated carbocycles. The van der Waals surface area contributed by atoms with E-state index in [1.165, 1.54) is 29.0 Å². The minimum absolute atomic E-state index is 0. The zero-order chi connectivity index (χ0) is 10.7. The number of nitrogens with zero attached hydrogens (tertiary/aromatic N) is 1. The molecule has 0 saturated heterocycles. The van der Waals surface area contributed by atoms with E-state index in [1.807, 2.05) is 11.8 Å². The van der Waals surface area contributed by atoms with Crippen LogP contribution in [0.5, 0.6) is 0 Å². The summed E-state index contributed by atoms with van der Waals surface area (Å²) < 4.78 is 0. The number of hydrogen-bond donors (Lipinski definition) is 1. The number of aryl methyl sites for hydroxylation is 2. The maximum absolute atomic E-state index is 4.48. The molecule has 0 fully saturated rings. The molecule has 0 spiro atoms. The van der Waals surface area contributed by atoms with E-state index in [0.717, 1.165) is 11.7 Å². The highest BCUT2D eigenvalue weighted by molar-refractivity contribution is 8.14. The summed E-state index contributed by atoms with van der Waals surface area (Å²) in [6, 6.07) is 6.35. The summed E-state index contributed by atoms with van der Waals surface area (Å²) in [4.78, 5) is 4.48. The van der Waals surface area contributed by atoms with Gasteiger partial charge in [0, 0.05) is 18.0 Å². The van der Waals surface area contributed by atoms with Crippen molar-refractivity contribution < 1.29 is 0 Å². The Hall–Kier alpha value is -0.380. The highest BCUT2D eigenvalue weighted by Crippen LogP contribution is 2.22. The average Bonchev–Trinajstić information content (AvgIpc) is 2.25. The summed E-state index contributed by atoms with van der Waals surface area (Å²) in [6.45, 7) is 5.22. The first-order valence-electron chi connectivity index (χ1n) is 5.28. The quantitative estimate of drug-likeness (QED) is 0.844. The third kappa shape index (κ3) is 4.41. The molecule has 1 heterocycles. The monoisotopic (exact) mass is 292 g/mol. The van der Waals surface area contributed by atoms with Crippen LogP contribution in [0.25, 0.3) is 0 Å². The van der Waals surface area contributed by atoms with Gasteiger partial charge in [-0.1, -0.05) is 30.0 Å². The Kier molecular flexibility index (Phi) is 7.68. The van der Waals surface area contributed by atoms with E-state index < -0.39 is 0 Å². The van der Waals surface area contributed by atoms with Crippen LogP contribution in [0.3, 0.4) is 0 Å². The first-order valence-corrected chi connectivity index (χ1v) is 6.26. The topological polar surface area (TPSA) is 24.4 Å². The van der Waals surface area contributed by atoms with Gasteiger partial charge >= 0.3 is 0 Å². The van der Waals surface area contributed by atoms with Gasteiger partial charge in [-0.05, 0) is 31.4 Å². The van der Waals surface area contributed by atoms with Gasteiger partial charge < -0.3 is 5.32 Å². The number of hydrogen-bond acceptors (Lipinski definition) is 3. The van der Waals surface area contributed by atoms with E-state index in [-0.39, 0.29) is 24.8 Å². The number of nitrogens with one attached hydrogen (secondary N) is 1. The molecular weight excluding hydrogens is 275 g/mol. The molecule has 1 aliphatic rings. The van der Waals surface area contributed by atoms with E-state index in [2.05, 4.69) is 42.4 Å². The molecule has 0 radical (unpaired) electrons. The van der Waals surface area contributed by atoms with Gasteiger partial charge in [0.15, 0.2) is 5.17 Å². The largest absolute Gasteiger partial charge is 0.335 e. The molecule has 0 atom stereocenters. The fourth-order valence-electron chi connectivity index (χ4n) is 1.65. The predicted octanol–water partition coefficient (Wildman–Crippen LogP) is 4.05. The van der Waals surface area contributed by atoms with Crippen molar-refractivity contribution in [2.45, 2.75) is 20.3 Å². The van der Waals surface area contributed by atoms with E-state index in [4.69, 9.17) is 0 Å². The highest BCUT2D eigenvalue weighted by atomic mass is 35.5. The van der Waals surface area contributed by atoms with Crippen LogP contribution in [0.1, 0.15) is 17.5 Å². The van der Waals surface area contributed by atoms with Crippen LogP contribution in [0, 0.1) is 13.8 Å². The number of thioether (sulfide) groups is 1. The fourth-order valence-corrected chi connectivity index (χ4v) is 2.48. The minimum atomic E-state index is 0. The number of aliphatic imine (C=N–C) groups is 1. The maximum Gasteiger partial charge on any atom is 0.161 e. The summed E-state index contributed by atoms with van der Waals surface area (Å²) in [7, 11) is 0. The first-order chi connectivity index (χ1) is 7.27. The number of halogens is 2. The molecule has 1 aliphatic heterocycles. The molecular formula is C12H18Cl2N2S. The van der Waals surface area contributed by atoms with Crippen molar-refractivity contribution in [3.8, 4) is 0 Å². The summed E-state index contributed by atoms with van der Waals surface area (Å²) in [6.07, 6.45) is 1.20. The van der Waals surface area contributed by atoms with Gasteiger partial charge in [0.1, 0.15) is 0 Å². The Morgan fingerprint density at radius 1 is 1.18 bits per heavy atom. The second-order valence-electron chi connectivity index (χ2n) is 3.78. The van der Waals surface area contributed by atoms with Crippen LogP contribution in [0.15, 0.2) is 23.2 Å².